The molecule has 1 unspecified atom stereocenters. The molecule has 1 aromatic heterocycles. The van der Waals surface area contributed by atoms with E-state index in [0.29, 0.717) is 6.54 Å². The predicted octanol–water partition coefficient (Wildman–Crippen LogP) is 3.06. The maximum Gasteiger partial charge on any atom is 0.312 e. The number of thiophene rings is 1. The molecule has 3 amide bonds. The maximum atomic E-state index is 12.1. The average molecular weight is 364 g/mol. The van der Waals surface area contributed by atoms with Crippen LogP contribution in [0, 0.1) is 6.92 Å². The quantitative estimate of drug-likeness (QED) is 0.498. The van der Waals surface area contributed by atoms with Crippen molar-refractivity contribution in [2.75, 3.05) is 12.3 Å². The molecule has 0 aliphatic heterocycles. The van der Waals surface area contributed by atoms with Crippen molar-refractivity contribution in [1.29, 1.82) is 0 Å². The second kappa shape index (κ2) is 9.34. The van der Waals surface area contributed by atoms with Gasteiger partial charge < -0.3 is 16.4 Å². The van der Waals surface area contributed by atoms with Gasteiger partial charge in [0.2, 0.25) is 5.91 Å². The highest BCUT2D eigenvalue weighted by atomic mass is 32.2. The topological polar surface area (TPSA) is 84.2 Å². The zero-order valence-corrected chi connectivity index (χ0v) is 15.1. The van der Waals surface area contributed by atoms with Crippen molar-refractivity contribution in [3.8, 4) is 0 Å². The third-order valence-corrected chi connectivity index (χ3v) is 5.31. The van der Waals surface area contributed by atoms with Crippen LogP contribution in [-0.2, 0) is 4.79 Å². The van der Waals surface area contributed by atoms with Gasteiger partial charge in [-0.1, -0.05) is 23.8 Å². The first-order valence-electron chi connectivity index (χ1n) is 7.60. The van der Waals surface area contributed by atoms with Gasteiger partial charge in [0.1, 0.15) is 0 Å². The number of hydrogen-bond donors (Lipinski definition) is 3. The number of carbonyl (C=O) groups excluding carboxylic acids is 2. The molecular weight excluding hydrogens is 342 g/mol. The number of aryl methyl sites for hydroxylation is 1. The van der Waals surface area contributed by atoms with Crippen LogP contribution in [0.25, 0.3) is 0 Å². The Balaban J connectivity index is 1.74. The number of carbonyl (C=O) groups is 2. The minimum absolute atomic E-state index is 0.105. The summed E-state index contributed by atoms with van der Waals surface area (Å²) < 4.78 is 0. The van der Waals surface area contributed by atoms with E-state index >= 15 is 0 Å². The second-order valence-electron chi connectivity index (χ2n) is 5.29. The third-order valence-electron chi connectivity index (χ3n) is 3.31. The first-order valence-corrected chi connectivity index (χ1v) is 9.46. The van der Waals surface area contributed by atoms with Gasteiger partial charge in [-0.05, 0) is 30.5 Å². The summed E-state index contributed by atoms with van der Waals surface area (Å²) in [7, 11) is 0. The van der Waals surface area contributed by atoms with Gasteiger partial charge >= 0.3 is 6.03 Å². The summed E-state index contributed by atoms with van der Waals surface area (Å²) in [6, 6.07) is 11.0. The third kappa shape index (κ3) is 6.25. The largest absolute Gasteiger partial charge is 0.355 e. The van der Waals surface area contributed by atoms with E-state index < -0.39 is 6.03 Å². The molecule has 0 radical (unpaired) electrons. The molecule has 128 valence electrons. The van der Waals surface area contributed by atoms with Gasteiger partial charge in [0.25, 0.3) is 0 Å². The molecular formula is C17H21N3O2S2. The van der Waals surface area contributed by atoms with Gasteiger partial charge in [0.15, 0.2) is 0 Å². The minimum Gasteiger partial charge on any atom is -0.355 e. The first-order chi connectivity index (χ1) is 11.5. The summed E-state index contributed by atoms with van der Waals surface area (Å²) in [5.74, 6) is 0.688. The lowest BCUT2D eigenvalue weighted by atomic mass is 10.1. The van der Waals surface area contributed by atoms with Gasteiger partial charge in [0, 0.05) is 22.1 Å². The number of thioether (sulfide) groups is 1. The lowest BCUT2D eigenvalue weighted by molar-refractivity contribution is -0.121. The summed E-state index contributed by atoms with van der Waals surface area (Å²) in [5, 5.41) is 7.40. The smallest absolute Gasteiger partial charge is 0.312 e. The maximum absolute atomic E-state index is 12.1. The Kier molecular flexibility index (Phi) is 7.14. The van der Waals surface area contributed by atoms with Gasteiger partial charge in [-0.25, -0.2) is 4.79 Å². The number of benzene rings is 1. The van der Waals surface area contributed by atoms with Crippen molar-refractivity contribution in [3.05, 3.63) is 52.2 Å². The molecule has 0 bridgehead atoms. The highest BCUT2D eigenvalue weighted by Gasteiger charge is 2.18. The molecule has 0 aliphatic carbocycles. The van der Waals surface area contributed by atoms with E-state index in [9.17, 15) is 9.59 Å². The van der Waals surface area contributed by atoms with E-state index in [1.807, 2.05) is 17.5 Å². The first kappa shape index (κ1) is 18.4. The summed E-state index contributed by atoms with van der Waals surface area (Å²) in [6.45, 7) is 2.63. The van der Waals surface area contributed by atoms with E-state index in [4.69, 9.17) is 5.73 Å². The second-order valence-corrected chi connectivity index (χ2v) is 7.44. The van der Waals surface area contributed by atoms with E-state index in [2.05, 4.69) is 41.8 Å². The molecule has 0 aliphatic rings. The van der Waals surface area contributed by atoms with Crippen molar-refractivity contribution >= 4 is 35.0 Å². The van der Waals surface area contributed by atoms with Crippen LogP contribution in [0.3, 0.4) is 0 Å². The van der Waals surface area contributed by atoms with Crippen LogP contribution in [0.1, 0.15) is 22.9 Å². The van der Waals surface area contributed by atoms with Crippen LogP contribution in [0.5, 0.6) is 0 Å². The number of nitrogens with one attached hydrogen (secondary N) is 2. The molecule has 1 heterocycles. The minimum atomic E-state index is -0.629. The number of hydrogen-bond acceptors (Lipinski definition) is 4. The fourth-order valence-electron chi connectivity index (χ4n) is 2.14. The van der Waals surface area contributed by atoms with Gasteiger partial charge in [-0.3, -0.25) is 4.79 Å². The number of nitrogens with two attached hydrogens (primary N) is 1. The highest BCUT2D eigenvalue weighted by molar-refractivity contribution is 7.99. The van der Waals surface area contributed by atoms with Crippen LogP contribution in [-0.4, -0.2) is 24.2 Å². The van der Waals surface area contributed by atoms with Crippen molar-refractivity contribution in [1.82, 2.24) is 10.6 Å². The summed E-state index contributed by atoms with van der Waals surface area (Å²) in [6.07, 6.45) is 0.179. The fraction of sp³-hybridized carbons (Fsp3) is 0.294. The number of primary amides is 1. The molecule has 1 aromatic carbocycles. The Morgan fingerprint density at radius 1 is 1.25 bits per heavy atom. The summed E-state index contributed by atoms with van der Waals surface area (Å²) in [4.78, 5) is 25.3. The monoisotopic (exact) mass is 363 g/mol. The molecule has 0 saturated heterocycles. The Morgan fingerprint density at radius 2 is 2.00 bits per heavy atom. The van der Waals surface area contributed by atoms with Crippen LogP contribution in [0.15, 0.2) is 46.7 Å². The Labute approximate surface area is 150 Å². The zero-order chi connectivity index (χ0) is 17.4. The predicted molar refractivity (Wildman–Crippen MR) is 99.3 cm³/mol. The molecule has 4 N–H and O–H groups in total. The van der Waals surface area contributed by atoms with Crippen LogP contribution in [0.4, 0.5) is 4.79 Å². The standard InChI is InChI=1S/C17H21N3O2S2/c1-12-4-6-13(7-5-12)23-10-8-19-16(21)11-14(20-17(18)22)15-3-2-9-24-15/h2-7,9,14H,8,10-11H2,1H3,(H,19,21)(H3,18,20,22). The van der Waals surface area contributed by atoms with E-state index in [-0.39, 0.29) is 18.4 Å². The van der Waals surface area contributed by atoms with Gasteiger partial charge in [-0.2, -0.15) is 0 Å². The molecule has 24 heavy (non-hydrogen) atoms. The molecule has 1 atom stereocenters. The van der Waals surface area contributed by atoms with Crippen molar-refractivity contribution in [2.24, 2.45) is 5.73 Å². The van der Waals surface area contributed by atoms with Crippen molar-refractivity contribution in [3.63, 3.8) is 0 Å². The van der Waals surface area contributed by atoms with E-state index in [1.165, 1.54) is 21.8 Å². The number of urea groups is 1. The molecule has 0 spiro atoms. The summed E-state index contributed by atoms with van der Waals surface area (Å²) in [5.41, 5.74) is 6.42. The SMILES string of the molecule is Cc1ccc(SCCNC(=O)CC(NC(N)=O)c2cccs2)cc1. The molecule has 2 aromatic rings. The molecule has 2 rings (SSSR count). The molecule has 0 saturated carbocycles. The molecule has 5 nitrogen and oxygen atoms in total. The van der Waals surface area contributed by atoms with Crippen molar-refractivity contribution in [2.45, 2.75) is 24.3 Å². The number of amides is 3. The average Bonchev–Trinajstić information content (AvgIpc) is 3.06. The Bertz CT molecular complexity index is 657. The fourth-order valence-corrected chi connectivity index (χ4v) is 3.68. The van der Waals surface area contributed by atoms with E-state index in [0.717, 1.165) is 10.6 Å². The van der Waals surface area contributed by atoms with Crippen molar-refractivity contribution < 1.29 is 9.59 Å². The Morgan fingerprint density at radius 3 is 2.62 bits per heavy atom. The Hall–Kier alpha value is -1.99. The number of rotatable bonds is 8. The van der Waals surface area contributed by atoms with Crippen LogP contribution < -0.4 is 16.4 Å². The molecule has 7 heteroatoms. The summed E-state index contributed by atoms with van der Waals surface area (Å²) >= 11 is 3.18. The van der Waals surface area contributed by atoms with E-state index in [1.54, 1.807) is 11.8 Å². The lowest BCUT2D eigenvalue weighted by Gasteiger charge is -2.15. The molecule has 0 fully saturated rings. The lowest BCUT2D eigenvalue weighted by Crippen LogP contribution is -2.36. The van der Waals surface area contributed by atoms with Gasteiger partial charge in [-0.15, -0.1) is 23.1 Å². The van der Waals surface area contributed by atoms with Crippen LogP contribution >= 0.6 is 23.1 Å². The van der Waals surface area contributed by atoms with Gasteiger partial charge in [0.05, 0.1) is 12.5 Å². The van der Waals surface area contributed by atoms with Crippen LogP contribution in [0.2, 0.25) is 0 Å². The zero-order valence-electron chi connectivity index (χ0n) is 13.5. The normalized spacial score (nSPS) is 11.7. The highest BCUT2D eigenvalue weighted by Crippen LogP contribution is 2.22.